The minimum atomic E-state index is -3.78. The SMILES string of the molecule is CC(C)(C)OC(=O)N1CC(OS(C)(=O)=O)CC(C(F)F)C1. The van der Waals surface area contributed by atoms with E-state index in [2.05, 4.69) is 0 Å². The fourth-order valence-corrected chi connectivity index (χ4v) is 2.70. The Kier molecular flexibility index (Phi) is 5.54. The molecule has 1 saturated heterocycles. The second kappa shape index (κ2) is 6.43. The van der Waals surface area contributed by atoms with Crippen molar-refractivity contribution < 1.29 is 30.9 Å². The summed E-state index contributed by atoms with van der Waals surface area (Å²) in [6.45, 7) is 4.69. The minimum Gasteiger partial charge on any atom is -0.444 e. The second-order valence-electron chi connectivity index (χ2n) is 6.14. The monoisotopic (exact) mass is 329 g/mol. The first-order chi connectivity index (χ1) is 9.37. The molecule has 0 aliphatic carbocycles. The van der Waals surface area contributed by atoms with Crippen LogP contribution in [0.1, 0.15) is 27.2 Å². The van der Waals surface area contributed by atoms with Crippen molar-refractivity contribution >= 4 is 16.2 Å². The average molecular weight is 329 g/mol. The molecule has 1 rings (SSSR count). The van der Waals surface area contributed by atoms with Crippen molar-refractivity contribution in [2.75, 3.05) is 19.3 Å². The molecule has 9 heteroatoms. The van der Waals surface area contributed by atoms with Gasteiger partial charge in [-0.15, -0.1) is 0 Å². The Bertz CT molecular complexity index is 475. The second-order valence-corrected chi connectivity index (χ2v) is 7.74. The van der Waals surface area contributed by atoms with Crippen LogP contribution in [-0.4, -0.2) is 56.9 Å². The molecule has 6 nitrogen and oxygen atoms in total. The van der Waals surface area contributed by atoms with Crippen LogP contribution in [-0.2, 0) is 19.0 Å². The van der Waals surface area contributed by atoms with Gasteiger partial charge in [0.2, 0.25) is 6.43 Å². The van der Waals surface area contributed by atoms with Crippen LogP contribution in [0, 0.1) is 5.92 Å². The van der Waals surface area contributed by atoms with Crippen LogP contribution in [0.2, 0.25) is 0 Å². The van der Waals surface area contributed by atoms with Gasteiger partial charge >= 0.3 is 6.09 Å². The van der Waals surface area contributed by atoms with Crippen molar-refractivity contribution in [3.8, 4) is 0 Å². The van der Waals surface area contributed by atoms with E-state index in [0.717, 1.165) is 11.2 Å². The van der Waals surface area contributed by atoms with Crippen LogP contribution in [0.15, 0.2) is 0 Å². The molecule has 0 radical (unpaired) electrons. The quantitative estimate of drug-likeness (QED) is 0.739. The number of halogens is 2. The van der Waals surface area contributed by atoms with Gasteiger partial charge in [-0.2, -0.15) is 8.42 Å². The predicted octanol–water partition coefficient (Wildman–Crippen LogP) is 1.85. The molecule has 0 aromatic carbocycles. The molecule has 0 saturated carbocycles. The summed E-state index contributed by atoms with van der Waals surface area (Å²) in [5, 5.41) is 0. The molecule has 1 aliphatic rings. The Morgan fingerprint density at radius 2 is 1.86 bits per heavy atom. The molecule has 2 atom stereocenters. The van der Waals surface area contributed by atoms with Crippen molar-refractivity contribution in [1.82, 2.24) is 4.90 Å². The lowest BCUT2D eigenvalue weighted by Crippen LogP contribution is -2.50. The first kappa shape index (κ1) is 18.1. The van der Waals surface area contributed by atoms with Crippen LogP contribution in [0.25, 0.3) is 0 Å². The first-order valence-corrected chi connectivity index (χ1v) is 8.33. The summed E-state index contributed by atoms with van der Waals surface area (Å²) in [7, 11) is -3.78. The number of nitrogens with zero attached hydrogens (tertiary/aromatic N) is 1. The summed E-state index contributed by atoms with van der Waals surface area (Å²) in [6, 6.07) is 0. The Morgan fingerprint density at radius 3 is 2.29 bits per heavy atom. The van der Waals surface area contributed by atoms with E-state index in [0.29, 0.717) is 0 Å². The standard InChI is InChI=1S/C12H21F2NO5S/c1-12(2,3)19-11(16)15-6-8(10(13)14)5-9(7-15)20-21(4,17)18/h8-10H,5-7H2,1-4H3. The van der Waals surface area contributed by atoms with Gasteiger partial charge in [0.15, 0.2) is 0 Å². The summed E-state index contributed by atoms with van der Waals surface area (Å²) >= 11 is 0. The van der Waals surface area contributed by atoms with Gasteiger partial charge in [0.25, 0.3) is 10.1 Å². The summed E-state index contributed by atoms with van der Waals surface area (Å²) in [5.41, 5.74) is -0.762. The van der Waals surface area contributed by atoms with Crippen LogP contribution in [0.3, 0.4) is 0 Å². The molecule has 0 aromatic heterocycles. The lowest BCUT2D eigenvalue weighted by molar-refractivity contribution is -0.0313. The molecule has 0 bridgehead atoms. The first-order valence-electron chi connectivity index (χ1n) is 6.52. The molecule has 0 spiro atoms. The number of amides is 1. The third-order valence-electron chi connectivity index (χ3n) is 2.76. The maximum absolute atomic E-state index is 12.9. The van der Waals surface area contributed by atoms with Gasteiger partial charge in [-0.05, 0) is 27.2 Å². The molecule has 1 fully saturated rings. The fraction of sp³-hybridized carbons (Fsp3) is 0.917. The van der Waals surface area contributed by atoms with Gasteiger partial charge in [-0.3, -0.25) is 4.18 Å². The molecular weight excluding hydrogens is 308 g/mol. The van der Waals surface area contributed by atoms with Crippen molar-refractivity contribution in [2.45, 2.75) is 45.3 Å². The van der Waals surface area contributed by atoms with Gasteiger partial charge in [0.05, 0.1) is 18.9 Å². The Labute approximate surface area is 123 Å². The smallest absolute Gasteiger partial charge is 0.410 e. The van der Waals surface area contributed by atoms with E-state index in [1.807, 2.05) is 0 Å². The zero-order valence-corrected chi connectivity index (χ0v) is 13.3. The largest absolute Gasteiger partial charge is 0.444 e. The van der Waals surface area contributed by atoms with E-state index < -0.39 is 40.3 Å². The summed E-state index contributed by atoms with van der Waals surface area (Å²) in [5.74, 6) is -1.14. The Morgan fingerprint density at radius 1 is 1.29 bits per heavy atom. The van der Waals surface area contributed by atoms with Crippen molar-refractivity contribution in [3.05, 3.63) is 0 Å². The summed E-state index contributed by atoms with van der Waals surface area (Å²) in [4.78, 5) is 13.0. The molecule has 1 aliphatic heterocycles. The highest BCUT2D eigenvalue weighted by Crippen LogP contribution is 2.26. The number of likely N-dealkylation sites (tertiary alicyclic amines) is 1. The average Bonchev–Trinajstić information content (AvgIpc) is 2.23. The lowest BCUT2D eigenvalue weighted by Gasteiger charge is -2.37. The number of hydrogen-bond donors (Lipinski definition) is 0. The number of rotatable bonds is 3. The topological polar surface area (TPSA) is 72.9 Å². The van der Waals surface area contributed by atoms with Gasteiger partial charge in [0.1, 0.15) is 5.60 Å². The van der Waals surface area contributed by atoms with E-state index >= 15 is 0 Å². The van der Waals surface area contributed by atoms with E-state index in [4.69, 9.17) is 8.92 Å². The van der Waals surface area contributed by atoms with Gasteiger partial charge in [0, 0.05) is 12.5 Å². The molecule has 1 heterocycles. The zero-order chi connectivity index (χ0) is 16.4. The summed E-state index contributed by atoms with van der Waals surface area (Å²) < 4.78 is 58.0. The van der Waals surface area contributed by atoms with Crippen molar-refractivity contribution in [3.63, 3.8) is 0 Å². The van der Waals surface area contributed by atoms with Crippen molar-refractivity contribution in [2.24, 2.45) is 5.92 Å². The molecule has 0 N–H and O–H groups in total. The number of carbonyl (C=O) groups excluding carboxylic acids is 1. The Hall–Kier alpha value is -0.960. The lowest BCUT2D eigenvalue weighted by atomic mass is 9.97. The Balaban J connectivity index is 2.81. The molecular formula is C12H21F2NO5S. The van der Waals surface area contributed by atoms with Crippen LogP contribution >= 0.6 is 0 Å². The predicted molar refractivity (Wildman–Crippen MR) is 71.6 cm³/mol. The minimum absolute atomic E-state index is 0.0921. The number of ether oxygens (including phenoxy) is 1. The van der Waals surface area contributed by atoms with Gasteiger partial charge < -0.3 is 9.64 Å². The summed E-state index contributed by atoms with van der Waals surface area (Å²) in [6.07, 6.45) is -3.68. The molecule has 2 unspecified atom stereocenters. The van der Waals surface area contributed by atoms with E-state index in [9.17, 15) is 22.0 Å². The van der Waals surface area contributed by atoms with Gasteiger partial charge in [-0.25, -0.2) is 13.6 Å². The molecule has 1 amide bonds. The van der Waals surface area contributed by atoms with E-state index in [1.54, 1.807) is 20.8 Å². The number of carbonyl (C=O) groups is 1. The molecule has 0 aromatic rings. The molecule has 124 valence electrons. The number of alkyl halides is 2. The number of hydrogen-bond acceptors (Lipinski definition) is 5. The maximum Gasteiger partial charge on any atom is 0.410 e. The number of piperidine rings is 1. The van der Waals surface area contributed by atoms with Crippen molar-refractivity contribution in [1.29, 1.82) is 0 Å². The highest BCUT2D eigenvalue weighted by Gasteiger charge is 2.38. The highest BCUT2D eigenvalue weighted by atomic mass is 32.2. The molecule has 21 heavy (non-hydrogen) atoms. The van der Waals surface area contributed by atoms with Crippen LogP contribution in [0.4, 0.5) is 13.6 Å². The van der Waals surface area contributed by atoms with Crippen LogP contribution in [0.5, 0.6) is 0 Å². The normalized spacial score (nSPS) is 24.2. The van der Waals surface area contributed by atoms with Gasteiger partial charge in [-0.1, -0.05) is 0 Å². The maximum atomic E-state index is 12.9. The highest BCUT2D eigenvalue weighted by molar-refractivity contribution is 7.86. The third-order valence-corrected chi connectivity index (χ3v) is 3.39. The zero-order valence-electron chi connectivity index (χ0n) is 12.5. The van der Waals surface area contributed by atoms with E-state index in [1.165, 1.54) is 0 Å². The fourth-order valence-electron chi connectivity index (χ4n) is 2.07. The van der Waals surface area contributed by atoms with Crippen LogP contribution < -0.4 is 0 Å². The van der Waals surface area contributed by atoms with E-state index in [-0.39, 0.29) is 19.5 Å². The third kappa shape index (κ3) is 6.56.